The number of ether oxygens (including phenoxy) is 8. The number of benzene rings is 1. The quantitative estimate of drug-likeness (QED) is 0.164. The number of hydrogen-bond acceptors (Lipinski definition) is 16. The molecule has 2 aliphatic rings. The third kappa shape index (κ3) is 13.2. The van der Waals surface area contributed by atoms with Crippen molar-refractivity contribution in [3.63, 3.8) is 0 Å². The molecule has 2 amide bonds. The number of esters is 5. The number of amides is 2. The molecule has 1 aromatic rings. The average Bonchev–Trinajstić information content (AvgIpc) is 3.06. The molecule has 0 bridgehead atoms. The molecule has 17 nitrogen and oxygen atoms in total. The van der Waals surface area contributed by atoms with E-state index in [9.17, 15) is 59.9 Å². The minimum atomic E-state index is -5.63. The van der Waals surface area contributed by atoms with Gasteiger partial charge in [-0.2, -0.15) is 26.3 Å². The second kappa shape index (κ2) is 19.5. The van der Waals surface area contributed by atoms with Crippen molar-refractivity contribution in [1.82, 2.24) is 10.6 Å². The van der Waals surface area contributed by atoms with Gasteiger partial charge in [-0.25, -0.2) is 0 Å². The molecule has 2 fully saturated rings. The Morgan fingerprint density at radius 2 is 1.04 bits per heavy atom. The number of hydrogen-bond donors (Lipinski definition) is 2. The van der Waals surface area contributed by atoms with Gasteiger partial charge in [-0.15, -0.1) is 0 Å². The summed E-state index contributed by atoms with van der Waals surface area (Å²) in [6, 6.07) is 3.35. The zero-order valence-corrected chi connectivity index (χ0v) is 30.7. The Morgan fingerprint density at radius 1 is 0.607 bits per heavy atom. The maximum atomic E-state index is 13.7. The van der Waals surface area contributed by atoms with E-state index >= 15 is 0 Å². The van der Waals surface area contributed by atoms with Gasteiger partial charge in [-0.05, 0) is 12.1 Å². The van der Waals surface area contributed by atoms with Crippen LogP contribution in [0.1, 0.15) is 34.6 Å². The van der Waals surface area contributed by atoms with Crippen molar-refractivity contribution in [3.05, 3.63) is 30.3 Å². The van der Waals surface area contributed by atoms with Crippen molar-refractivity contribution in [3.8, 4) is 0 Å². The number of halogens is 6. The number of rotatable bonds is 13. The molecule has 56 heavy (non-hydrogen) atoms. The van der Waals surface area contributed by atoms with Crippen LogP contribution in [0.25, 0.3) is 0 Å². The first kappa shape index (κ1) is 45.7. The molecule has 1 aromatic carbocycles. The number of nitrogens with one attached hydrogen (secondary N) is 2. The highest BCUT2D eigenvalue weighted by molar-refractivity contribution is 7.99. The maximum Gasteiger partial charge on any atom is 0.471 e. The highest BCUT2D eigenvalue weighted by atomic mass is 32.2. The fraction of sp³-hybridized carbons (Fsp3) is 0.594. The summed E-state index contributed by atoms with van der Waals surface area (Å²) in [5, 5.41) is 3.21. The first-order valence-corrected chi connectivity index (χ1v) is 17.1. The number of carbonyl (C=O) groups excluding carboxylic acids is 7. The van der Waals surface area contributed by atoms with Gasteiger partial charge in [0.1, 0.15) is 49.0 Å². The third-order valence-electron chi connectivity index (χ3n) is 7.50. The zero-order valence-electron chi connectivity index (χ0n) is 29.9. The molecule has 2 N–H and O–H groups in total. The SMILES string of the molecule is CC(=O)OCC1OC(Sc2ccccc2)C(NC(=O)C(F)(F)F)[C@@H](OC(C)=O)[C@@H]1O[C@@H]1OC(COC(C)=O)[C@@H](OC(C)=O)[C@H](OC(C)=O)C1NC(=O)C(F)(F)F. The minimum Gasteiger partial charge on any atom is -0.463 e. The fourth-order valence-corrected chi connectivity index (χ4v) is 6.56. The normalized spacial score (nSPS) is 27.8. The van der Waals surface area contributed by atoms with Crippen LogP contribution in [0.2, 0.25) is 0 Å². The number of carbonyl (C=O) groups is 7. The molecule has 24 heteroatoms. The summed E-state index contributed by atoms with van der Waals surface area (Å²) in [5.74, 6) is -10.7. The summed E-state index contributed by atoms with van der Waals surface area (Å²) in [6.45, 7) is 2.65. The van der Waals surface area contributed by atoms with Crippen LogP contribution < -0.4 is 10.6 Å². The van der Waals surface area contributed by atoms with Crippen LogP contribution in [-0.4, -0.2) is 128 Å². The highest BCUT2D eigenvalue weighted by Crippen LogP contribution is 2.38. The molecule has 5 unspecified atom stereocenters. The Balaban J connectivity index is 2.27. The molecule has 312 valence electrons. The van der Waals surface area contributed by atoms with Gasteiger partial charge in [0.25, 0.3) is 0 Å². The van der Waals surface area contributed by atoms with Crippen molar-refractivity contribution in [2.45, 2.75) is 112 Å². The lowest BCUT2D eigenvalue weighted by Gasteiger charge is -2.49. The van der Waals surface area contributed by atoms with Crippen molar-refractivity contribution >= 4 is 53.4 Å². The third-order valence-corrected chi connectivity index (χ3v) is 8.68. The summed E-state index contributed by atoms with van der Waals surface area (Å²) in [5.41, 5.74) is -1.61. The molecule has 2 saturated heterocycles. The Kier molecular flexibility index (Phi) is 15.9. The highest BCUT2D eigenvalue weighted by Gasteiger charge is 2.58. The molecular formula is C32H36F6N2O15S. The van der Waals surface area contributed by atoms with E-state index in [0.717, 1.165) is 46.4 Å². The van der Waals surface area contributed by atoms with Crippen LogP contribution in [-0.2, 0) is 71.5 Å². The Bertz CT molecular complexity index is 1600. The van der Waals surface area contributed by atoms with Crippen molar-refractivity contribution in [1.29, 1.82) is 0 Å². The first-order chi connectivity index (χ1) is 26.0. The largest absolute Gasteiger partial charge is 0.471 e. The monoisotopic (exact) mass is 834 g/mol. The average molecular weight is 835 g/mol. The zero-order chi connectivity index (χ0) is 42.1. The lowest BCUT2D eigenvalue weighted by molar-refractivity contribution is -0.315. The summed E-state index contributed by atoms with van der Waals surface area (Å²) in [6.07, 6.45) is -25.3. The number of alkyl halides is 6. The molecule has 2 heterocycles. The fourth-order valence-electron chi connectivity index (χ4n) is 5.41. The Morgan fingerprint density at radius 3 is 1.48 bits per heavy atom. The van der Waals surface area contributed by atoms with Gasteiger partial charge < -0.3 is 48.5 Å². The predicted molar refractivity (Wildman–Crippen MR) is 170 cm³/mol. The van der Waals surface area contributed by atoms with Crippen LogP contribution >= 0.6 is 11.8 Å². The van der Waals surface area contributed by atoms with Gasteiger partial charge >= 0.3 is 54.0 Å². The van der Waals surface area contributed by atoms with E-state index in [0.29, 0.717) is 4.90 Å². The van der Waals surface area contributed by atoms with Crippen molar-refractivity contribution in [2.24, 2.45) is 0 Å². The van der Waals surface area contributed by atoms with E-state index in [2.05, 4.69) is 0 Å². The molecule has 0 aliphatic carbocycles. The van der Waals surface area contributed by atoms with Crippen molar-refractivity contribution in [2.75, 3.05) is 13.2 Å². The molecule has 0 saturated carbocycles. The van der Waals surface area contributed by atoms with E-state index in [1.807, 2.05) is 0 Å². The molecule has 3 rings (SSSR count). The van der Waals surface area contributed by atoms with E-state index in [-0.39, 0.29) is 0 Å². The Hall–Kier alpha value is -4.68. The molecular weight excluding hydrogens is 798 g/mol. The van der Waals surface area contributed by atoms with Gasteiger partial charge in [-0.3, -0.25) is 33.6 Å². The van der Waals surface area contributed by atoms with E-state index < -0.39 is 128 Å². The van der Waals surface area contributed by atoms with Crippen LogP contribution in [0.5, 0.6) is 0 Å². The molecule has 0 aromatic heterocycles. The minimum absolute atomic E-state index is 0.343. The lowest BCUT2D eigenvalue weighted by atomic mass is 9.94. The maximum absolute atomic E-state index is 13.7. The van der Waals surface area contributed by atoms with E-state index in [1.54, 1.807) is 23.5 Å². The summed E-state index contributed by atoms with van der Waals surface area (Å²) in [7, 11) is 0. The van der Waals surface area contributed by atoms with Crippen LogP contribution in [0, 0.1) is 0 Å². The second-order valence-corrected chi connectivity index (χ2v) is 13.1. The molecule has 0 spiro atoms. The van der Waals surface area contributed by atoms with E-state index in [4.69, 9.17) is 37.9 Å². The molecule has 10 atom stereocenters. The lowest BCUT2D eigenvalue weighted by Crippen LogP contribution is -2.71. The standard InChI is InChI=1S/C32H36F6N2O15S/c1-13(41)48-11-19-23(50-15(3)43)25(51-16(4)44)21(39-29(46)31(33,34)35)27(53-19)55-24-20(12-49-14(2)42)54-28(56-18-9-7-6-8-10-18)22(26(24)52-17(5)45)40-30(47)32(36,37)38/h6-10,19-28H,11-12H2,1-5H3,(H,39,46)(H,40,47)/t19?,20?,21?,22?,23-,24-,25-,26-,27+,28?/m1/s1. The van der Waals surface area contributed by atoms with Gasteiger partial charge in [0.15, 0.2) is 24.6 Å². The van der Waals surface area contributed by atoms with Gasteiger partial charge in [0.2, 0.25) is 0 Å². The molecule has 2 aliphatic heterocycles. The number of thioether (sulfide) groups is 1. The first-order valence-electron chi connectivity index (χ1n) is 16.2. The van der Waals surface area contributed by atoms with Crippen molar-refractivity contribution < 1.29 is 97.8 Å². The van der Waals surface area contributed by atoms with Crippen LogP contribution in [0.3, 0.4) is 0 Å². The summed E-state index contributed by atoms with van der Waals surface area (Å²) < 4.78 is 126. The van der Waals surface area contributed by atoms with Gasteiger partial charge in [0, 0.05) is 39.5 Å². The van der Waals surface area contributed by atoms with E-state index in [1.165, 1.54) is 17.4 Å². The Labute approximate surface area is 317 Å². The smallest absolute Gasteiger partial charge is 0.463 e. The van der Waals surface area contributed by atoms with Crippen LogP contribution in [0.4, 0.5) is 26.3 Å². The van der Waals surface area contributed by atoms with Crippen LogP contribution in [0.15, 0.2) is 35.2 Å². The summed E-state index contributed by atoms with van der Waals surface area (Å²) >= 11 is 0.717. The second-order valence-electron chi connectivity index (χ2n) is 11.9. The van der Waals surface area contributed by atoms with Gasteiger partial charge in [-0.1, -0.05) is 30.0 Å². The topological polar surface area (TPSA) is 217 Å². The predicted octanol–water partition coefficient (Wildman–Crippen LogP) is 1.63. The van der Waals surface area contributed by atoms with Gasteiger partial charge in [0.05, 0.1) is 0 Å². The summed E-state index contributed by atoms with van der Waals surface area (Å²) in [4.78, 5) is 85.8. The molecule has 0 radical (unpaired) electrons.